The van der Waals surface area contributed by atoms with Crippen LogP contribution in [0, 0.1) is 11.3 Å². The second kappa shape index (κ2) is 8.94. The highest BCUT2D eigenvalue weighted by atomic mass is 35.5. The maximum absolute atomic E-state index is 11.8. The van der Waals surface area contributed by atoms with Crippen LogP contribution in [-0.2, 0) is 11.2 Å². The predicted octanol–water partition coefficient (Wildman–Crippen LogP) is 3.37. The van der Waals surface area contributed by atoms with Crippen LogP contribution in [0.25, 0.3) is 0 Å². The molecular formula is C18H18ClN3O. The molecule has 0 bridgehead atoms. The lowest BCUT2D eigenvalue weighted by Gasteiger charge is -2.07. The van der Waals surface area contributed by atoms with E-state index in [0.717, 1.165) is 18.0 Å². The van der Waals surface area contributed by atoms with Crippen molar-refractivity contribution < 1.29 is 4.79 Å². The van der Waals surface area contributed by atoms with Gasteiger partial charge in [-0.05, 0) is 48.9 Å². The van der Waals surface area contributed by atoms with E-state index >= 15 is 0 Å². The Morgan fingerprint density at radius 3 is 2.65 bits per heavy atom. The normalized spacial score (nSPS) is 10.1. The molecule has 0 atom stereocenters. The van der Waals surface area contributed by atoms with Crippen LogP contribution in [-0.4, -0.2) is 19.0 Å². The van der Waals surface area contributed by atoms with Crippen LogP contribution in [0.1, 0.15) is 17.5 Å². The van der Waals surface area contributed by atoms with Gasteiger partial charge in [0.05, 0.1) is 11.6 Å². The molecule has 1 amide bonds. The number of anilines is 1. The molecule has 0 saturated heterocycles. The fourth-order valence-electron chi connectivity index (χ4n) is 2.10. The highest BCUT2D eigenvalue weighted by Crippen LogP contribution is 2.10. The molecule has 0 aromatic heterocycles. The molecule has 5 heteroatoms. The standard InChI is InChI=1S/C18H18ClN3O/c19-16-6-4-14(5-7-16)8-10-21-11-9-18(23)22-17-3-1-2-15(12-17)13-20/h1-7,12,21H,8-11H2,(H,22,23). The Labute approximate surface area is 141 Å². The molecule has 23 heavy (non-hydrogen) atoms. The van der Waals surface area contributed by atoms with E-state index < -0.39 is 0 Å². The first-order chi connectivity index (χ1) is 11.2. The van der Waals surface area contributed by atoms with E-state index in [2.05, 4.69) is 10.6 Å². The largest absolute Gasteiger partial charge is 0.326 e. The van der Waals surface area contributed by atoms with Crippen molar-refractivity contribution in [2.45, 2.75) is 12.8 Å². The average Bonchev–Trinajstić information content (AvgIpc) is 2.56. The first-order valence-corrected chi connectivity index (χ1v) is 7.80. The monoisotopic (exact) mass is 327 g/mol. The maximum Gasteiger partial charge on any atom is 0.225 e. The van der Waals surface area contributed by atoms with E-state index in [0.29, 0.717) is 24.2 Å². The highest BCUT2D eigenvalue weighted by molar-refractivity contribution is 6.30. The van der Waals surface area contributed by atoms with Crippen LogP contribution in [0.5, 0.6) is 0 Å². The molecule has 0 unspecified atom stereocenters. The van der Waals surface area contributed by atoms with Gasteiger partial charge in [0.1, 0.15) is 0 Å². The van der Waals surface area contributed by atoms with Crippen molar-refractivity contribution in [1.82, 2.24) is 5.32 Å². The number of amides is 1. The molecule has 2 aromatic carbocycles. The number of nitriles is 1. The summed E-state index contributed by atoms with van der Waals surface area (Å²) in [6, 6.07) is 16.7. The van der Waals surface area contributed by atoms with Crippen molar-refractivity contribution in [2.24, 2.45) is 0 Å². The first kappa shape index (κ1) is 17.0. The Hall–Kier alpha value is -2.35. The third kappa shape index (κ3) is 6.11. The molecule has 0 aliphatic heterocycles. The van der Waals surface area contributed by atoms with Gasteiger partial charge in [-0.1, -0.05) is 29.8 Å². The van der Waals surface area contributed by atoms with Crippen LogP contribution in [0.3, 0.4) is 0 Å². The van der Waals surface area contributed by atoms with Crippen molar-refractivity contribution in [2.75, 3.05) is 18.4 Å². The zero-order valence-corrected chi connectivity index (χ0v) is 13.4. The first-order valence-electron chi connectivity index (χ1n) is 7.42. The number of benzene rings is 2. The summed E-state index contributed by atoms with van der Waals surface area (Å²) in [5, 5.41) is 15.6. The fourth-order valence-corrected chi connectivity index (χ4v) is 2.23. The second-order valence-corrected chi connectivity index (χ2v) is 5.55. The summed E-state index contributed by atoms with van der Waals surface area (Å²) in [5.41, 5.74) is 2.39. The number of carbonyl (C=O) groups excluding carboxylic acids is 1. The lowest BCUT2D eigenvalue weighted by Crippen LogP contribution is -2.23. The van der Waals surface area contributed by atoms with Gasteiger partial charge in [-0.2, -0.15) is 5.26 Å². The highest BCUT2D eigenvalue weighted by Gasteiger charge is 2.02. The molecule has 0 fully saturated rings. The Bertz CT molecular complexity index is 692. The second-order valence-electron chi connectivity index (χ2n) is 5.12. The molecule has 118 valence electrons. The number of nitrogens with zero attached hydrogens (tertiary/aromatic N) is 1. The molecule has 0 aliphatic rings. The molecule has 0 aliphatic carbocycles. The maximum atomic E-state index is 11.8. The Kier molecular flexibility index (Phi) is 6.61. The van der Waals surface area contributed by atoms with E-state index in [1.54, 1.807) is 24.3 Å². The van der Waals surface area contributed by atoms with Gasteiger partial charge in [0.25, 0.3) is 0 Å². The predicted molar refractivity (Wildman–Crippen MR) is 92.4 cm³/mol. The zero-order valence-electron chi connectivity index (χ0n) is 12.7. The number of nitrogens with one attached hydrogen (secondary N) is 2. The van der Waals surface area contributed by atoms with Crippen molar-refractivity contribution in [3.05, 3.63) is 64.7 Å². The summed E-state index contributed by atoms with van der Waals surface area (Å²) >= 11 is 5.84. The fraction of sp³-hybridized carbons (Fsp3) is 0.222. The lowest BCUT2D eigenvalue weighted by molar-refractivity contribution is -0.116. The molecule has 4 nitrogen and oxygen atoms in total. The van der Waals surface area contributed by atoms with Crippen molar-refractivity contribution in [1.29, 1.82) is 5.26 Å². The number of carbonyl (C=O) groups is 1. The molecular weight excluding hydrogens is 310 g/mol. The molecule has 2 aromatic rings. The SMILES string of the molecule is N#Cc1cccc(NC(=O)CCNCCc2ccc(Cl)cc2)c1. The Balaban J connectivity index is 1.65. The number of halogens is 1. The minimum absolute atomic E-state index is 0.0703. The summed E-state index contributed by atoms with van der Waals surface area (Å²) in [5.74, 6) is -0.0703. The molecule has 0 heterocycles. The number of hydrogen-bond donors (Lipinski definition) is 2. The molecule has 0 radical (unpaired) electrons. The van der Waals surface area contributed by atoms with E-state index in [1.165, 1.54) is 5.56 Å². The average molecular weight is 328 g/mol. The zero-order chi connectivity index (χ0) is 16.5. The van der Waals surface area contributed by atoms with E-state index in [9.17, 15) is 4.79 Å². The third-order valence-corrected chi connectivity index (χ3v) is 3.56. The van der Waals surface area contributed by atoms with E-state index in [-0.39, 0.29) is 5.91 Å². The van der Waals surface area contributed by atoms with Gasteiger partial charge in [-0.3, -0.25) is 4.79 Å². The minimum atomic E-state index is -0.0703. The number of hydrogen-bond acceptors (Lipinski definition) is 3. The smallest absolute Gasteiger partial charge is 0.225 e. The summed E-state index contributed by atoms with van der Waals surface area (Å²) in [6.07, 6.45) is 1.28. The van der Waals surface area contributed by atoms with Crippen LogP contribution >= 0.6 is 11.6 Å². The summed E-state index contributed by atoms with van der Waals surface area (Å²) in [6.45, 7) is 1.41. The van der Waals surface area contributed by atoms with Crippen molar-refractivity contribution in [3.63, 3.8) is 0 Å². The van der Waals surface area contributed by atoms with Crippen LogP contribution < -0.4 is 10.6 Å². The quantitative estimate of drug-likeness (QED) is 0.766. The van der Waals surface area contributed by atoms with Crippen LogP contribution in [0.2, 0.25) is 5.02 Å². The van der Waals surface area contributed by atoms with E-state index in [4.69, 9.17) is 16.9 Å². The van der Waals surface area contributed by atoms with Gasteiger partial charge in [-0.15, -0.1) is 0 Å². The topological polar surface area (TPSA) is 64.9 Å². The molecule has 0 spiro atoms. The van der Waals surface area contributed by atoms with Gasteiger partial charge < -0.3 is 10.6 Å². The lowest BCUT2D eigenvalue weighted by atomic mass is 10.1. The van der Waals surface area contributed by atoms with Gasteiger partial charge in [-0.25, -0.2) is 0 Å². The summed E-state index contributed by atoms with van der Waals surface area (Å²) in [7, 11) is 0. The van der Waals surface area contributed by atoms with Crippen LogP contribution in [0.15, 0.2) is 48.5 Å². The Morgan fingerprint density at radius 2 is 1.91 bits per heavy atom. The number of rotatable bonds is 7. The summed E-state index contributed by atoms with van der Waals surface area (Å²) < 4.78 is 0. The van der Waals surface area contributed by atoms with E-state index in [1.807, 2.05) is 30.3 Å². The summed E-state index contributed by atoms with van der Waals surface area (Å²) in [4.78, 5) is 11.8. The van der Waals surface area contributed by atoms with Gasteiger partial charge in [0, 0.05) is 23.7 Å². The van der Waals surface area contributed by atoms with Crippen LogP contribution in [0.4, 0.5) is 5.69 Å². The van der Waals surface area contributed by atoms with Gasteiger partial charge in [0.15, 0.2) is 0 Å². The molecule has 2 N–H and O–H groups in total. The Morgan fingerprint density at radius 1 is 1.13 bits per heavy atom. The van der Waals surface area contributed by atoms with Crippen molar-refractivity contribution in [3.8, 4) is 6.07 Å². The molecule has 2 rings (SSSR count). The van der Waals surface area contributed by atoms with Gasteiger partial charge >= 0.3 is 0 Å². The van der Waals surface area contributed by atoms with Gasteiger partial charge in [0.2, 0.25) is 5.91 Å². The third-order valence-electron chi connectivity index (χ3n) is 3.31. The minimum Gasteiger partial charge on any atom is -0.326 e. The van der Waals surface area contributed by atoms with Crippen molar-refractivity contribution >= 4 is 23.2 Å². The molecule has 0 saturated carbocycles.